The summed E-state index contributed by atoms with van der Waals surface area (Å²) in [5.41, 5.74) is 2.08. The minimum absolute atomic E-state index is 0.0221. The molecule has 4 heteroatoms. The summed E-state index contributed by atoms with van der Waals surface area (Å²) < 4.78 is 0. The number of amides is 1. The molecule has 0 saturated heterocycles. The van der Waals surface area contributed by atoms with Crippen LogP contribution < -0.4 is 5.32 Å². The standard InChI is InChI=1S/C16H20N2O2/c19-15-7-3-4-11(15)9-18-16(20)8-12-10-17-14-6-2-1-5-13(12)14/h1-2,5-6,10-11,15,17,19H,3-4,7-9H2,(H,18,20). The Balaban J connectivity index is 1.58. The molecule has 1 amide bonds. The Labute approximate surface area is 118 Å². The van der Waals surface area contributed by atoms with E-state index >= 15 is 0 Å². The minimum Gasteiger partial charge on any atom is -0.393 e. The third-order valence-corrected chi connectivity index (χ3v) is 4.21. The molecule has 0 spiro atoms. The van der Waals surface area contributed by atoms with Gasteiger partial charge in [0.2, 0.25) is 5.91 Å². The zero-order chi connectivity index (χ0) is 13.9. The van der Waals surface area contributed by atoms with Crippen molar-refractivity contribution in [1.82, 2.24) is 10.3 Å². The average molecular weight is 272 g/mol. The number of aromatic amines is 1. The third kappa shape index (κ3) is 2.70. The van der Waals surface area contributed by atoms with Crippen LogP contribution in [0.15, 0.2) is 30.5 Å². The number of carbonyl (C=O) groups is 1. The molecule has 106 valence electrons. The lowest BCUT2D eigenvalue weighted by Crippen LogP contribution is -2.33. The van der Waals surface area contributed by atoms with Crippen molar-refractivity contribution in [1.29, 1.82) is 0 Å². The summed E-state index contributed by atoms with van der Waals surface area (Å²) in [5, 5.41) is 13.8. The van der Waals surface area contributed by atoms with Gasteiger partial charge in [-0.3, -0.25) is 4.79 Å². The minimum atomic E-state index is -0.247. The lowest BCUT2D eigenvalue weighted by Gasteiger charge is -2.14. The highest BCUT2D eigenvalue weighted by Crippen LogP contribution is 2.24. The fraction of sp³-hybridized carbons (Fsp3) is 0.438. The highest BCUT2D eigenvalue weighted by Gasteiger charge is 2.25. The van der Waals surface area contributed by atoms with Gasteiger partial charge in [-0.2, -0.15) is 0 Å². The third-order valence-electron chi connectivity index (χ3n) is 4.21. The topological polar surface area (TPSA) is 65.1 Å². The Morgan fingerprint density at radius 1 is 1.35 bits per heavy atom. The number of aliphatic hydroxyl groups is 1. The Morgan fingerprint density at radius 3 is 3.00 bits per heavy atom. The Kier molecular flexibility index (Phi) is 3.74. The monoisotopic (exact) mass is 272 g/mol. The van der Waals surface area contributed by atoms with E-state index in [4.69, 9.17) is 0 Å². The molecule has 1 aromatic carbocycles. The van der Waals surface area contributed by atoms with Gasteiger partial charge in [0.15, 0.2) is 0 Å². The number of rotatable bonds is 4. The van der Waals surface area contributed by atoms with Gasteiger partial charge >= 0.3 is 0 Å². The summed E-state index contributed by atoms with van der Waals surface area (Å²) in [6.07, 6.45) is 4.96. The van der Waals surface area contributed by atoms with Crippen LogP contribution in [0.4, 0.5) is 0 Å². The molecular formula is C16H20N2O2. The van der Waals surface area contributed by atoms with Gasteiger partial charge in [0.05, 0.1) is 12.5 Å². The van der Waals surface area contributed by atoms with Crippen molar-refractivity contribution in [2.75, 3.05) is 6.54 Å². The number of nitrogens with one attached hydrogen (secondary N) is 2. The number of aliphatic hydroxyl groups excluding tert-OH is 1. The molecular weight excluding hydrogens is 252 g/mol. The van der Waals surface area contributed by atoms with Crippen LogP contribution in [0, 0.1) is 5.92 Å². The summed E-state index contributed by atoms with van der Waals surface area (Å²) in [5.74, 6) is 0.246. The Bertz CT molecular complexity index is 605. The summed E-state index contributed by atoms with van der Waals surface area (Å²) in [6, 6.07) is 7.98. The first-order chi connectivity index (χ1) is 9.74. The van der Waals surface area contributed by atoms with Crippen LogP contribution in [-0.4, -0.2) is 28.6 Å². The first kappa shape index (κ1) is 13.2. The first-order valence-electron chi connectivity index (χ1n) is 7.24. The Morgan fingerprint density at radius 2 is 2.20 bits per heavy atom. The molecule has 1 saturated carbocycles. The van der Waals surface area contributed by atoms with Crippen LogP contribution in [0.1, 0.15) is 24.8 Å². The summed E-state index contributed by atoms with van der Waals surface area (Å²) in [6.45, 7) is 0.586. The largest absolute Gasteiger partial charge is 0.393 e. The van der Waals surface area contributed by atoms with Crippen LogP contribution in [-0.2, 0) is 11.2 Å². The molecule has 1 fully saturated rings. The molecule has 3 N–H and O–H groups in total. The first-order valence-corrected chi connectivity index (χ1v) is 7.24. The fourth-order valence-corrected chi connectivity index (χ4v) is 3.01. The normalized spacial score (nSPS) is 22.2. The van der Waals surface area contributed by atoms with Crippen LogP contribution in [0.25, 0.3) is 10.9 Å². The maximum Gasteiger partial charge on any atom is 0.224 e. The van der Waals surface area contributed by atoms with Gasteiger partial charge in [-0.25, -0.2) is 0 Å². The molecule has 2 unspecified atom stereocenters. The zero-order valence-corrected chi connectivity index (χ0v) is 11.4. The second-order valence-electron chi connectivity index (χ2n) is 5.60. The predicted molar refractivity (Wildman–Crippen MR) is 78.4 cm³/mol. The van der Waals surface area contributed by atoms with Gasteiger partial charge in [0.1, 0.15) is 0 Å². The van der Waals surface area contributed by atoms with Crippen LogP contribution in [0.2, 0.25) is 0 Å². The lowest BCUT2D eigenvalue weighted by molar-refractivity contribution is -0.120. The molecule has 1 aliphatic rings. The second-order valence-corrected chi connectivity index (χ2v) is 5.60. The molecule has 0 radical (unpaired) electrons. The summed E-state index contributed by atoms with van der Waals surface area (Å²) >= 11 is 0. The van der Waals surface area contributed by atoms with Gasteiger partial charge in [0, 0.05) is 29.6 Å². The molecule has 3 rings (SSSR count). The van der Waals surface area contributed by atoms with Crippen LogP contribution in [0.3, 0.4) is 0 Å². The van der Waals surface area contributed by atoms with E-state index in [-0.39, 0.29) is 17.9 Å². The van der Waals surface area contributed by atoms with Crippen molar-refractivity contribution in [3.8, 4) is 0 Å². The lowest BCUT2D eigenvalue weighted by atomic mass is 10.1. The smallest absolute Gasteiger partial charge is 0.224 e. The van der Waals surface area contributed by atoms with Crippen molar-refractivity contribution in [2.45, 2.75) is 31.8 Å². The number of carbonyl (C=O) groups excluding carboxylic acids is 1. The van der Waals surface area contributed by atoms with Crippen LogP contribution >= 0.6 is 0 Å². The molecule has 0 aliphatic heterocycles. The van der Waals surface area contributed by atoms with E-state index in [1.54, 1.807) is 0 Å². The van der Waals surface area contributed by atoms with Crippen molar-refractivity contribution in [3.05, 3.63) is 36.0 Å². The molecule has 2 atom stereocenters. The fourth-order valence-electron chi connectivity index (χ4n) is 3.01. The van der Waals surface area contributed by atoms with E-state index in [2.05, 4.69) is 10.3 Å². The maximum absolute atomic E-state index is 12.0. The van der Waals surface area contributed by atoms with Gasteiger partial charge in [-0.1, -0.05) is 24.6 Å². The number of hydrogen-bond acceptors (Lipinski definition) is 2. The number of fused-ring (bicyclic) bond motifs is 1. The molecule has 1 aliphatic carbocycles. The van der Waals surface area contributed by atoms with Crippen molar-refractivity contribution >= 4 is 16.8 Å². The summed E-state index contributed by atoms with van der Waals surface area (Å²) in [4.78, 5) is 15.2. The summed E-state index contributed by atoms with van der Waals surface area (Å²) in [7, 11) is 0. The number of hydrogen-bond donors (Lipinski definition) is 3. The quantitative estimate of drug-likeness (QED) is 0.797. The van der Waals surface area contributed by atoms with E-state index < -0.39 is 0 Å². The number of aromatic nitrogens is 1. The number of benzene rings is 1. The number of para-hydroxylation sites is 1. The molecule has 1 aromatic heterocycles. The van der Waals surface area contributed by atoms with Gasteiger partial charge in [-0.15, -0.1) is 0 Å². The average Bonchev–Trinajstić information content (AvgIpc) is 3.04. The van der Waals surface area contributed by atoms with E-state index in [1.807, 2.05) is 30.5 Å². The van der Waals surface area contributed by atoms with E-state index in [0.29, 0.717) is 13.0 Å². The highest BCUT2D eigenvalue weighted by atomic mass is 16.3. The van der Waals surface area contributed by atoms with Crippen molar-refractivity contribution < 1.29 is 9.90 Å². The van der Waals surface area contributed by atoms with Gasteiger partial charge in [-0.05, 0) is 24.5 Å². The van der Waals surface area contributed by atoms with Crippen molar-refractivity contribution in [2.24, 2.45) is 5.92 Å². The van der Waals surface area contributed by atoms with E-state index in [0.717, 1.165) is 35.7 Å². The maximum atomic E-state index is 12.0. The molecule has 2 aromatic rings. The van der Waals surface area contributed by atoms with Gasteiger partial charge in [0.25, 0.3) is 0 Å². The molecule has 1 heterocycles. The van der Waals surface area contributed by atoms with Crippen LogP contribution in [0.5, 0.6) is 0 Å². The number of H-pyrrole nitrogens is 1. The molecule has 4 nitrogen and oxygen atoms in total. The molecule has 20 heavy (non-hydrogen) atoms. The Hall–Kier alpha value is -1.81. The second kappa shape index (κ2) is 5.67. The zero-order valence-electron chi connectivity index (χ0n) is 11.4. The van der Waals surface area contributed by atoms with Gasteiger partial charge < -0.3 is 15.4 Å². The van der Waals surface area contributed by atoms with Crippen molar-refractivity contribution in [3.63, 3.8) is 0 Å². The van der Waals surface area contributed by atoms with E-state index in [9.17, 15) is 9.90 Å². The SMILES string of the molecule is O=C(Cc1c[nH]c2ccccc12)NCC1CCCC1O. The highest BCUT2D eigenvalue weighted by molar-refractivity contribution is 5.88. The van der Waals surface area contributed by atoms with E-state index in [1.165, 1.54) is 0 Å². The molecule has 0 bridgehead atoms. The predicted octanol–water partition coefficient (Wildman–Crippen LogP) is 1.99.